The van der Waals surface area contributed by atoms with E-state index in [-0.39, 0.29) is 31.4 Å². The summed E-state index contributed by atoms with van der Waals surface area (Å²) >= 11 is 3.09. The molecule has 2 unspecified atom stereocenters. The van der Waals surface area contributed by atoms with Crippen molar-refractivity contribution in [3.63, 3.8) is 0 Å². The van der Waals surface area contributed by atoms with Crippen LogP contribution >= 0.6 is 12.6 Å². The van der Waals surface area contributed by atoms with Gasteiger partial charge in [-0.25, -0.2) is 0 Å². The van der Waals surface area contributed by atoms with Crippen LogP contribution in [0.3, 0.4) is 0 Å². The first-order valence-electron chi connectivity index (χ1n) is 18.9. The Balaban J connectivity index is 0.00000325. The van der Waals surface area contributed by atoms with Gasteiger partial charge in [-0.05, 0) is 74.9 Å². The standard InChI is InChI=1S/C37H67NO13.CHNS/c1-14-25-37(10,45)30(41)20(4)27(39)18(2)16-35(8,44)32(51-34-28(40)24(38(11)12)15-19(3)47-34)21(5)29(22(6)33(43)49-25)50-26-17-36(9,46-13)31(42)23(7)48-26;2-1-3/h18-26,28-32,34,40-42,44-45H,14-17H2,1-13H3;3H/t18-,19-,20+,21+,22-,23+,24+,25?,26+,28-,29?,30-,31+,32-,34+,35-,36-,37-;/m1./s1. The second-order valence-corrected chi connectivity index (χ2v) is 16.8. The van der Waals surface area contributed by atoms with Crippen LogP contribution in [0.15, 0.2) is 0 Å². The molecule has 0 bridgehead atoms. The third kappa shape index (κ3) is 11.1. The molecular formula is C38H68N2O13S. The summed E-state index contributed by atoms with van der Waals surface area (Å²) in [5.74, 6) is -4.98. The minimum absolute atomic E-state index is 0.0936. The van der Waals surface area contributed by atoms with Crippen LogP contribution in [0.5, 0.6) is 0 Å². The second kappa shape index (κ2) is 19.8. The summed E-state index contributed by atoms with van der Waals surface area (Å²) in [6, 6.07) is -0.324. The number of thiol groups is 1. The van der Waals surface area contributed by atoms with Gasteiger partial charge in [-0.2, -0.15) is 5.26 Å². The molecule has 0 amide bonds. The number of nitriles is 1. The SMILES string of the molecule is CCC1OC(=O)[C@H](C)C(O[C@H]2C[C@@](C)(OC)[C@@H](O)[C@H](C)O2)[C@H](C)[C@@H](O[C@@H]2O[C@H](C)C[C@H](N(C)C)[C@H]2O)[C@](C)(O)C[C@@H](C)C(=O)[C@H](C)[C@@H](O)[C@]1(C)O.N#CS. The lowest BCUT2D eigenvalue weighted by molar-refractivity contribution is -0.318. The van der Waals surface area contributed by atoms with E-state index in [0.717, 1.165) is 0 Å². The number of ether oxygens (including phenoxy) is 6. The molecular weight excluding hydrogens is 724 g/mol. The average molecular weight is 793 g/mol. The van der Waals surface area contributed by atoms with Crippen molar-refractivity contribution in [1.82, 2.24) is 4.90 Å². The minimum Gasteiger partial charge on any atom is -0.459 e. The largest absolute Gasteiger partial charge is 0.459 e. The van der Waals surface area contributed by atoms with E-state index in [9.17, 15) is 35.1 Å². The van der Waals surface area contributed by atoms with E-state index in [0.29, 0.717) is 6.42 Å². The number of thiocyanates is 1. The number of aliphatic hydroxyl groups is 5. The van der Waals surface area contributed by atoms with Crippen LogP contribution in [-0.2, 0) is 38.0 Å². The Hall–Kier alpha value is -1.46. The summed E-state index contributed by atoms with van der Waals surface area (Å²) in [5, 5.41) is 66.2. The maximum atomic E-state index is 14.1. The monoisotopic (exact) mass is 792 g/mol. The third-order valence-electron chi connectivity index (χ3n) is 11.8. The Morgan fingerprint density at radius 2 is 1.52 bits per heavy atom. The number of Topliss-reactive ketones (excluding diaryl/α,β-unsaturated/α-hetero) is 1. The van der Waals surface area contributed by atoms with Gasteiger partial charge in [-0.1, -0.05) is 40.3 Å². The van der Waals surface area contributed by atoms with E-state index in [2.05, 4.69) is 12.6 Å². The molecule has 0 aromatic heterocycles. The number of likely N-dealkylation sites (N-methyl/N-ethyl adjacent to an activating group) is 1. The van der Waals surface area contributed by atoms with E-state index in [1.54, 1.807) is 41.5 Å². The minimum atomic E-state index is -1.99. The van der Waals surface area contributed by atoms with Crippen molar-refractivity contribution < 1.29 is 63.5 Å². The normalized spacial score (nSPS) is 47.1. The molecule has 16 heteroatoms. The lowest BCUT2D eigenvalue weighted by atomic mass is 9.74. The van der Waals surface area contributed by atoms with Crippen molar-refractivity contribution in [2.24, 2.45) is 23.7 Å². The summed E-state index contributed by atoms with van der Waals surface area (Å²) in [7, 11) is 5.18. The van der Waals surface area contributed by atoms with E-state index < -0.39 is 108 Å². The van der Waals surface area contributed by atoms with Gasteiger partial charge in [0.25, 0.3) is 0 Å². The van der Waals surface area contributed by atoms with Crippen molar-refractivity contribution in [3.8, 4) is 5.40 Å². The van der Waals surface area contributed by atoms with Gasteiger partial charge in [0.05, 0.1) is 47.6 Å². The van der Waals surface area contributed by atoms with Gasteiger partial charge in [0, 0.05) is 37.3 Å². The number of aliphatic hydroxyl groups excluding tert-OH is 3. The number of nitrogens with zero attached hydrogens (tertiary/aromatic N) is 2. The van der Waals surface area contributed by atoms with E-state index in [1.807, 2.05) is 25.9 Å². The highest BCUT2D eigenvalue weighted by Gasteiger charge is 2.53. The first-order chi connectivity index (χ1) is 24.8. The lowest BCUT2D eigenvalue weighted by Gasteiger charge is -2.49. The molecule has 0 aromatic carbocycles. The fourth-order valence-electron chi connectivity index (χ4n) is 8.41. The molecule has 3 rings (SSSR count). The molecule has 0 saturated carbocycles. The highest BCUT2D eigenvalue weighted by Crippen LogP contribution is 2.40. The number of carbonyl (C=O) groups excluding carboxylic acids is 2. The molecule has 3 saturated heterocycles. The Morgan fingerprint density at radius 1 is 0.944 bits per heavy atom. The van der Waals surface area contributed by atoms with Gasteiger partial charge in [0.15, 0.2) is 12.6 Å². The van der Waals surface area contributed by atoms with Crippen LogP contribution in [-0.4, -0.2) is 148 Å². The third-order valence-corrected chi connectivity index (χ3v) is 11.8. The number of rotatable bonds is 7. The molecule has 0 aliphatic carbocycles. The van der Waals surface area contributed by atoms with E-state index in [1.165, 1.54) is 33.3 Å². The molecule has 0 spiro atoms. The van der Waals surface area contributed by atoms with Crippen molar-refractivity contribution >= 4 is 24.4 Å². The molecule has 3 aliphatic rings. The van der Waals surface area contributed by atoms with Gasteiger partial charge in [0.2, 0.25) is 0 Å². The topological polar surface area (TPSA) is 218 Å². The number of cyclic esters (lactones) is 1. The fourth-order valence-corrected chi connectivity index (χ4v) is 8.41. The molecule has 54 heavy (non-hydrogen) atoms. The van der Waals surface area contributed by atoms with Crippen LogP contribution in [0.4, 0.5) is 0 Å². The summed E-state index contributed by atoms with van der Waals surface area (Å²) in [6.07, 6.45) is -9.71. The fraction of sp³-hybridized carbons (Fsp3) is 0.921. The summed E-state index contributed by atoms with van der Waals surface area (Å²) < 4.78 is 37.1. The first-order valence-corrected chi connectivity index (χ1v) is 19.4. The Labute approximate surface area is 327 Å². The summed E-state index contributed by atoms with van der Waals surface area (Å²) in [5.41, 5.74) is -4.84. The smallest absolute Gasteiger partial charge is 0.311 e. The van der Waals surface area contributed by atoms with E-state index >= 15 is 0 Å². The molecule has 3 heterocycles. The van der Waals surface area contributed by atoms with Crippen LogP contribution in [0.2, 0.25) is 0 Å². The van der Waals surface area contributed by atoms with Crippen molar-refractivity contribution in [1.29, 1.82) is 5.26 Å². The predicted octanol–water partition coefficient (Wildman–Crippen LogP) is 2.18. The summed E-state index contributed by atoms with van der Waals surface area (Å²) in [6.45, 7) is 16.3. The van der Waals surface area contributed by atoms with Crippen LogP contribution in [0.1, 0.15) is 94.9 Å². The molecule has 3 fully saturated rings. The molecule has 18 atom stereocenters. The van der Waals surface area contributed by atoms with Gasteiger partial charge < -0.3 is 58.9 Å². The highest BCUT2D eigenvalue weighted by molar-refractivity contribution is 7.85. The highest BCUT2D eigenvalue weighted by atomic mass is 32.1. The molecule has 15 nitrogen and oxygen atoms in total. The molecule has 3 aliphatic heterocycles. The number of ketones is 1. The maximum Gasteiger partial charge on any atom is 0.311 e. The maximum absolute atomic E-state index is 14.1. The van der Waals surface area contributed by atoms with E-state index in [4.69, 9.17) is 33.7 Å². The predicted molar refractivity (Wildman–Crippen MR) is 201 cm³/mol. The lowest BCUT2D eigenvalue weighted by Crippen LogP contribution is -2.61. The number of hydrogen-bond acceptors (Lipinski definition) is 16. The summed E-state index contributed by atoms with van der Waals surface area (Å²) in [4.78, 5) is 29.8. The van der Waals surface area contributed by atoms with Crippen LogP contribution < -0.4 is 0 Å². The molecule has 0 aromatic rings. The quantitative estimate of drug-likeness (QED) is 0.124. The Morgan fingerprint density at radius 3 is 2.04 bits per heavy atom. The van der Waals surface area contributed by atoms with Gasteiger partial charge in [-0.15, -0.1) is 0 Å². The number of carbonyl (C=O) groups is 2. The first kappa shape index (κ1) is 48.7. The molecule has 314 valence electrons. The number of esters is 1. The van der Waals surface area contributed by atoms with Gasteiger partial charge in [0.1, 0.15) is 35.1 Å². The van der Waals surface area contributed by atoms with Crippen molar-refractivity contribution in [3.05, 3.63) is 0 Å². The van der Waals surface area contributed by atoms with Gasteiger partial charge in [-0.3, -0.25) is 9.59 Å². The molecule has 0 radical (unpaired) electrons. The van der Waals surface area contributed by atoms with Crippen molar-refractivity contribution in [2.45, 2.75) is 179 Å². The zero-order valence-electron chi connectivity index (χ0n) is 34.3. The zero-order valence-corrected chi connectivity index (χ0v) is 35.2. The number of hydrogen-bond donors (Lipinski definition) is 6. The van der Waals surface area contributed by atoms with Gasteiger partial charge >= 0.3 is 5.97 Å². The van der Waals surface area contributed by atoms with Crippen molar-refractivity contribution in [2.75, 3.05) is 21.2 Å². The Kier molecular flexibility index (Phi) is 17.9. The number of methoxy groups -OCH3 is 1. The average Bonchev–Trinajstić information content (AvgIpc) is 3.09. The Bertz CT molecular complexity index is 1270. The zero-order chi connectivity index (χ0) is 41.7. The van der Waals surface area contributed by atoms with Crippen LogP contribution in [0, 0.1) is 34.3 Å². The second-order valence-electron chi connectivity index (χ2n) is 16.6. The van der Waals surface area contributed by atoms with Crippen LogP contribution in [0.25, 0.3) is 0 Å². The molecule has 5 N–H and O–H groups in total.